The average molecular weight is 127 g/mol. The van der Waals surface area contributed by atoms with Crippen molar-refractivity contribution in [1.82, 2.24) is 0 Å². The molecule has 2 nitrogen and oxygen atoms in total. The summed E-state index contributed by atoms with van der Waals surface area (Å²) < 4.78 is 5.30. The molecule has 1 aliphatic heterocycles. The van der Waals surface area contributed by atoms with Crippen molar-refractivity contribution in [3.8, 4) is 0 Å². The van der Waals surface area contributed by atoms with Crippen LogP contribution >= 0.6 is 0 Å². The Kier molecular flexibility index (Phi) is 1.24. The Morgan fingerprint density at radius 3 is 3.00 bits per heavy atom. The number of rotatable bonds is 0. The summed E-state index contributed by atoms with van der Waals surface area (Å²) in [6.07, 6.45) is 4.08. The highest BCUT2D eigenvalue weighted by molar-refractivity contribution is 4.85. The number of hydrogen-bond donors (Lipinski definition) is 1. The maximum atomic E-state index is 5.70. The summed E-state index contributed by atoms with van der Waals surface area (Å²) in [5.74, 6) is 1.50. The fraction of sp³-hybridized carbons (Fsp3) is 1.00. The lowest BCUT2D eigenvalue weighted by molar-refractivity contribution is 0.0907. The van der Waals surface area contributed by atoms with E-state index in [1.165, 1.54) is 19.3 Å². The van der Waals surface area contributed by atoms with Crippen molar-refractivity contribution in [2.75, 3.05) is 6.61 Å². The van der Waals surface area contributed by atoms with E-state index in [0.29, 0.717) is 5.92 Å². The van der Waals surface area contributed by atoms with E-state index in [0.717, 1.165) is 12.5 Å². The lowest BCUT2D eigenvalue weighted by Crippen LogP contribution is -2.26. The molecule has 2 rings (SSSR count). The largest absolute Gasteiger partial charge is 0.363 e. The Hall–Kier alpha value is -0.0800. The fourth-order valence-corrected chi connectivity index (χ4v) is 2.06. The minimum absolute atomic E-state index is 0.0671. The van der Waals surface area contributed by atoms with Crippen LogP contribution in [-0.4, -0.2) is 12.8 Å². The molecule has 2 aliphatic rings. The van der Waals surface area contributed by atoms with Gasteiger partial charge < -0.3 is 10.5 Å². The maximum Gasteiger partial charge on any atom is 0.108 e. The smallest absolute Gasteiger partial charge is 0.108 e. The zero-order valence-electron chi connectivity index (χ0n) is 5.55. The molecule has 0 aromatic carbocycles. The van der Waals surface area contributed by atoms with Crippen LogP contribution in [0.25, 0.3) is 0 Å². The van der Waals surface area contributed by atoms with Gasteiger partial charge in [-0.05, 0) is 18.8 Å². The van der Waals surface area contributed by atoms with Gasteiger partial charge in [0.1, 0.15) is 6.23 Å². The molecule has 0 aromatic heterocycles. The van der Waals surface area contributed by atoms with Crippen LogP contribution < -0.4 is 5.73 Å². The van der Waals surface area contributed by atoms with Gasteiger partial charge in [-0.2, -0.15) is 0 Å². The first-order valence-electron chi connectivity index (χ1n) is 3.75. The zero-order valence-corrected chi connectivity index (χ0v) is 5.55. The van der Waals surface area contributed by atoms with Crippen LogP contribution in [0.5, 0.6) is 0 Å². The molecule has 3 atom stereocenters. The molecule has 1 saturated heterocycles. The third-order valence-corrected chi connectivity index (χ3v) is 2.64. The fourth-order valence-electron chi connectivity index (χ4n) is 2.06. The van der Waals surface area contributed by atoms with E-state index in [1.807, 2.05) is 0 Å². The van der Waals surface area contributed by atoms with Crippen molar-refractivity contribution in [2.24, 2.45) is 17.6 Å². The van der Waals surface area contributed by atoms with Gasteiger partial charge in [0.2, 0.25) is 0 Å². The van der Waals surface area contributed by atoms with Crippen LogP contribution in [-0.2, 0) is 4.74 Å². The highest BCUT2D eigenvalue weighted by Gasteiger charge is 2.37. The van der Waals surface area contributed by atoms with Gasteiger partial charge in [0.25, 0.3) is 0 Å². The molecule has 3 unspecified atom stereocenters. The van der Waals surface area contributed by atoms with Crippen molar-refractivity contribution in [3.05, 3.63) is 0 Å². The summed E-state index contributed by atoms with van der Waals surface area (Å²) in [5, 5.41) is 0. The molecular weight excluding hydrogens is 114 g/mol. The molecule has 1 saturated carbocycles. The van der Waals surface area contributed by atoms with Crippen LogP contribution in [0.4, 0.5) is 0 Å². The predicted molar refractivity (Wildman–Crippen MR) is 34.8 cm³/mol. The lowest BCUT2D eigenvalue weighted by atomic mass is 9.99. The molecule has 0 spiro atoms. The second-order valence-corrected chi connectivity index (χ2v) is 3.15. The van der Waals surface area contributed by atoms with Crippen molar-refractivity contribution >= 4 is 0 Å². The zero-order chi connectivity index (χ0) is 6.27. The molecule has 0 aromatic rings. The van der Waals surface area contributed by atoms with Crippen molar-refractivity contribution in [2.45, 2.75) is 25.5 Å². The first-order chi connectivity index (χ1) is 4.38. The first-order valence-corrected chi connectivity index (χ1v) is 3.75. The van der Waals surface area contributed by atoms with Gasteiger partial charge in [0.05, 0.1) is 6.61 Å². The van der Waals surface area contributed by atoms with Crippen LogP contribution in [0.2, 0.25) is 0 Å². The van der Waals surface area contributed by atoms with Gasteiger partial charge in [-0.25, -0.2) is 0 Å². The number of hydrogen-bond acceptors (Lipinski definition) is 2. The van der Waals surface area contributed by atoms with Crippen LogP contribution in [0.3, 0.4) is 0 Å². The van der Waals surface area contributed by atoms with Crippen molar-refractivity contribution in [1.29, 1.82) is 0 Å². The van der Waals surface area contributed by atoms with E-state index < -0.39 is 0 Å². The SMILES string of the molecule is NC1OCC2CCCC21. The number of fused-ring (bicyclic) bond motifs is 1. The summed E-state index contributed by atoms with van der Waals surface area (Å²) in [5.41, 5.74) is 5.70. The second kappa shape index (κ2) is 1.96. The Labute approximate surface area is 55.4 Å². The van der Waals surface area contributed by atoms with Gasteiger partial charge in [-0.1, -0.05) is 6.42 Å². The molecule has 1 heterocycles. The molecular formula is C7H13NO. The Balaban J connectivity index is 2.07. The molecule has 2 heteroatoms. The normalized spacial score (nSPS) is 49.7. The summed E-state index contributed by atoms with van der Waals surface area (Å²) >= 11 is 0. The van der Waals surface area contributed by atoms with E-state index in [1.54, 1.807) is 0 Å². The van der Waals surface area contributed by atoms with Gasteiger partial charge in [0, 0.05) is 5.92 Å². The van der Waals surface area contributed by atoms with Crippen LogP contribution in [0, 0.1) is 11.8 Å². The molecule has 52 valence electrons. The van der Waals surface area contributed by atoms with E-state index in [2.05, 4.69) is 0 Å². The molecule has 0 bridgehead atoms. The minimum atomic E-state index is 0.0671. The minimum Gasteiger partial charge on any atom is -0.363 e. The molecule has 2 fully saturated rings. The monoisotopic (exact) mass is 127 g/mol. The molecule has 0 amide bonds. The quantitative estimate of drug-likeness (QED) is 0.520. The third kappa shape index (κ3) is 0.775. The molecule has 9 heavy (non-hydrogen) atoms. The van der Waals surface area contributed by atoms with E-state index in [9.17, 15) is 0 Å². The van der Waals surface area contributed by atoms with E-state index in [-0.39, 0.29) is 6.23 Å². The Bertz CT molecular complexity index is 115. The standard InChI is InChI=1S/C7H13NO/c8-7-6-3-1-2-5(6)4-9-7/h5-7H,1-4,8H2. The van der Waals surface area contributed by atoms with Gasteiger partial charge in [-0.3, -0.25) is 0 Å². The average Bonchev–Trinajstić information content (AvgIpc) is 2.35. The maximum absolute atomic E-state index is 5.70. The van der Waals surface area contributed by atoms with Gasteiger partial charge >= 0.3 is 0 Å². The van der Waals surface area contributed by atoms with E-state index in [4.69, 9.17) is 10.5 Å². The number of nitrogens with two attached hydrogens (primary N) is 1. The first kappa shape index (κ1) is 5.69. The summed E-state index contributed by atoms with van der Waals surface area (Å²) in [4.78, 5) is 0. The van der Waals surface area contributed by atoms with Crippen LogP contribution in [0.15, 0.2) is 0 Å². The molecule has 0 radical (unpaired) electrons. The second-order valence-electron chi connectivity index (χ2n) is 3.15. The lowest BCUT2D eigenvalue weighted by Gasteiger charge is -2.09. The predicted octanol–water partition coefficient (Wildman–Crippen LogP) is 0.718. The summed E-state index contributed by atoms with van der Waals surface area (Å²) in [7, 11) is 0. The highest BCUT2D eigenvalue weighted by Crippen LogP contribution is 2.38. The topological polar surface area (TPSA) is 35.2 Å². The van der Waals surface area contributed by atoms with Gasteiger partial charge in [-0.15, -0.1) is 0 Å². The Morgan fingerprint density at radius 2 is 2.22 bits per heavy atom. The van der Waals surface area contributed by atoms with E-state index >= 15 is 0 Å². The third-order valence-electron chi connectivity index (χ3n) is 2.64. The highest BCUT2D eigenvalue weighted by atomic mass is 16.5. The number of ether oxygens (including phenoxy) is 1. The summed E-state index contributed by atoms with van der Waals surface area (Å²) in [6, 6.07) is 0. The molecule has 1 aliphatic carbocycles. The van der Waals surface area contributed by atoms with Crippen LogP contribution in [0.1, 0.15) is 19.3 Å². The van der Waals surface area contributed by atoms with Gasteiger partial charge in [0.15, 0.2) is 0 Å². The van der Waals surface area contributed by atoms with Crippen molar-refractivity contribution < 1.29 is 4.74 Å². The molecule has 2 N–H and O–H groups in total. The van der Waals surface area contributed by atoms with Crippen molar-refractivity contribution in [3.63, 3.8) is 0 Å². The Morgan fingerprint density at radius 1 is 1.33 bits per heavy atom. The summed E-state index contributed by atoms with van der Waals surface area (Å²) in [6.45, 7) is 0.922.